The van der Waals surface area contributed by atoms with Crippen molar-refractivity contribution in [3.05, 3.63) is 41.2 Å². The molecule has 1 aromatic carbocycles. The normalized spacial score (nSPS) is 11.0. The lowest BCUT2D eigenvalue weighted by Gasteiger charge is -2.09. The molecule has 19 heavy (non-hydrogen) atoms. The van der Waals surface area contributed by atoms with Gasteiger partial charge in [-0.1, -0.05) is 12.1 Å². The zero-order valence-electron chi connectivity index (χ0n) is 9.92. The van der Waals surface area contributed by atoms with Gasteiger partial charge in [-0.15, -0.1) is 5.10 Å². The summed E-state index contributed by atoms with van der Waals surface area (Å²) in [5.41, 5.74) is -0.632. The van der Waals surface area contributed by atoms with Gasteiger partial charge in [-0.25, -0.2) is 22.2 Å². The lowest BCUT2D eigenvalue weighted by molar-refractivity contribution is 0.441. The second-order valence-electron chi connectivity index (χ2n) is 3.73. The molecule has 2 rings (SSSR count). The third-order valence-electron chi connectivity index (χ3n) is 2.48. The molecule has 4 nitrogen and oxygen atoms in total. The summed E-state index contributed by atoms with van der Waals surface area (Å²) in [5, 5.41) is 9.84. The van der Waals surface area contributed by atoms with Crippen LogP contribution in [-0.2, 0) is 6.54 Å². The topological polar surface area (TPSA) is 42.7 Å². The van der Waals surface area contributed by atoms with Gasteiger partial charge in [0, 0.05) is 12.6 Å². The Morgan fingerprint density at radius 1 is 1.16 bits per heavy atom. The predicted octanol–water partition coefficient (Wildman–Crippen LogP) is 1.93. The SMILES string of the molecule is CCNCc1cnnn1-c1c(F)c(F)cc(F)c1F. The van der Waals surface area contributed by atoms with Crippen LogP contribution in [0.25, 0.3) is 5.69 Å². The van der Waals surface area contributed by atoms with Crippen LogP contribution in [0, 0.1) is 23.3 Å². The van der Waals surface area contributed by atoms with Crippen LogP contribution in [0.5, 0.6) is 0 Å². The molecule has 0 saturated carbocycles. The van der Waals surface area contributed by atoms with Gasteiger partial charge in [-0.2, -0.15) is 0 Å². The number of rotatable bonds is 4. The fourth-order valence-electron chi connectivity index (χ4n) is 1.56. The molecule has 0 unspecified atom stereocenters. The molecule has 0 aliphatic rings. The van der Waals surface area contributed by atoms with E-state index in [0.717, 1.165) is 4.68 Å². The molecule has 0 amide bonds. The van der Waals surface area contributed by atoms with E-state index in [2.05, 4.69) is 15.6 Å². The molecule has 0 bridgehead atoms. The minimum atomic E-state index is -1.51. The van der Waals surface area contributed by atoms with E-state index in [1.807, 2.05) is 6.92 Å². The molecular weight excluding hydrogens is 264 g/mol. The fraction of sp³-hybridized carbons (Fsp3) is 0.273. The Morgan fingerprint density at radius 3 is 2.37 bits per heavy atom. The molecule has 0 aliphatic heterocycles. The Balaban J connectivity index is 2.56. The molecule has 1 heterocycles. The summed E-state index contributed by atoms with van der Waals surface area (Å²) in [6.07, 6.45) is 1.25. The second-order valence-corrected chi connectivity index (χ2v) is 3.73. The van der Waals surface area contributed by atoms with E-state index in [9.17, 15) is 17.6 Å². The van der Waals surface area contributed by atoms with Gasteiger partial charge in [0.15, 0.2) is 23.3 Å². The van der Waals surface area contributed by atoms with Gasteiger partial charge >= 0.3 is 0 Å². The molecular formula is C11H10F4N4. The van der Waals surface area contributed by atoms with Gasteiger partial charge in [-0.3, -0.25) is 0 Å². The minimum absolute atomic E-state index is 0.148. The molecule has 0 radical (unpaired) electrons. The summed E-state index contributed by atoms with van der Waals surface area (Å²) in [7, 11) is 0. The quantitative estimate of drug-likeness (QED) is 0.684. The average Bonchev–Trinajstić information content (AvgIpc) is 2.82. The molecule has 0 saturated heterocycles. The van der Waals surface area contributed by atoms with Crippen molar-refractivity contribution >= 4 is 0 Å². The highest BCUT2D eigenvalue weighted by Crippen LogP contribution is 2.23. The summed E-state index contributed by atoms with van der Waals surface area (Å²) in [4.78, 5) is 0. The van der Waals surface area contributed by atoms with Crippen molar-refractivity contribution in [3.8, 4) is 5.69 Å². The largest absolute Gasteiger partial charge is 0.311 e. The first kappa shape index (κ1) is 13.5. The van der Waals surface area contributed by atoms with E-state index >= 15 is 0 Å². The smallest absolute Gasteiger partial charge is 0.187 e. The van der Waals surface area contributed by atoms with Gasteiger partial charge in [0.2, 0.25) is 0 Å². The molecule has 8 heteroatoms. The fourth-order valence-corrected chi connectivity index (χ4v) is 1.56. The number of aromatic nitrogens is 3. The molecule has 1 aromatic heterocycles. The van der Waals surface area contributed by atoms with E-state index in [-0.39, 0.29) is 18.3 Å². The molecule has 0 spiro atoms. The van der Waals surface area contributed by atoms with Gasteiger partial charge in [0.1, 0.15) is 5.69 Å². The van der Waals surface area contributed by atoms with Crippen LogP contribution in [0.1, 0.15) is 12.6 Å². The van der Waals surface area contributed by atoms with Crippen LogP contribution in [0.3, 0.4) is 0 Å². The van der Waals surface area contributed by atoms with Crippen molar-refractivity contribution in [1.82, 2.24) is 20.3 Å². The maximum atomic E-state index is 13.6. The first-order valence-electron chi connectivity index (χ1n) is 5.50. The van der Waals surface area contributed by atoms with Crippen LogP contribution < -0.4 is 5.32 Å². The summed E-state index contributed by atoms with van der Waals surface area (Å²) in [6.45, 7) is 2.64. The van der Waals surface area contributed by atoms with E-state index < -0.39 is 29.0 Å². The maximum absolute atomic E-state index is 13.6. The third kappa shape index (κ3) is 2.43. The van der Waals surface area contributed by atoms with Crippen molar-refractivity contribution in [2.24, 2.45) is 0 Å². The van der Waals surface area contributed by atoms with Crippen LogP contribution in [0.15, 0.2) is 12.3 Å². The summed E-state index contributed by atoms with van der Waals surface area (Å²) in [6, 6.07) is 0.148. The Labute approximate surface area is 106 Å². The van der Waals surface area contributed by atoms with Crippen LogP contribution >= 0.6 is 0 Å². The highest BCUT2D eigenvalue weighted by Gasteiger charge is 2.23. The monoisotopic (exact) mass is 274 g/mol. The first-order chi connectivity index (χ1) is 9.06. The number of benzene rings is 1. The third-order valence-corrected chi connectivity index (χ3v) is 2.48. The number of nitrogens with zero attached hydrogens (tertiary/aromatic N) is 3. The number of hydrogen-bond donors (Lipinski definition) is 1. The van der Waals surface area contributed by atoms with Crippen LogP contribution in [0.4, 0.5) is 17.6 Å². The highest BCUT2D eigenvalue weighted by atomic mass is 19.2. The minimum Gasteiger partial charge on any atom is -0.311 e. The predicted molar refractivity (Wildman–Crippen MR) is 58.6 cm³/mol. The van der Waals surface area contributed by atoms with Crippen molar-refractivity contribution in [1.29, 1.82) is 0 Å². The molecule has 0 aliphatic carbocycles. The van der Waals surface area contributed by atoms with Crippen LogP contribution in [0.2, 0.25) is 0 Å². The van der Waals surface area contributed by atoms with E-state index in [1.54, 1.807) is 0 Å². The molecule has 1 N–H and O–H groups in total. The van der Waals surface area contributed by atoms with Crippen molar-refractivity contribution in [3.63, 3.8) is 0 Å². The molecule has 0 fully saturated rings. The van der Waals surface area contributed by atoms with E-state index in [1.165, 1.54) is 6.20 Å². The number of hydrogen-bond acceptors (Lipinski definition) is 3. The van der Waals surface area contributed by atoms with E-state index in [0.29, 0.717) is 6.54 Å². The highest BCUT2D eigenvalue weighted by molar-refractivity contribution is 5.37. The molecule has 2 aromatic rings. The first-order valence-corrected chi connectivity index (χ1v) is 5.50. The lowest BCUT2D eigenvalue weighted by atomic mass is 10.2. The van der Waals surface area contributed by atoms with Crippen LogP contribution in [-0.4, -0.2) is 21.5 Å². The molecule has 0 atom stereocenters. The Bertz CT molecular complexity index is 570. The summed E-state index contributed by atoms with van der Waals surface area (Å²) in [5.74, 6) is -6.00. The van der Waals surface area contributed by atoms with Gasteiger partial charge < -0.3 is 5.32 Å². The zero-order chi connectivity index (χ0) is 14.0. The lowest BCUT2D eigenvalue weighted by Crippen LogP contribution is -2.17. The van der Waals surface area contributed by atoms with Crippen molar-refractivity contribution in [2.75, 3.05) is 6.54 Å². The van der Waals surface area contributed by atoms with Gasteiger partial charge in [0.25, 0.3) is 0 Å². The van der Waals surface area contributed by atoms with Gasteiger partial charge in [0.05, 0.1) is 11.9 Å². The summed E-state index contributed by atoms with van der Waals surface area (Å²) < 4.78 is 54.2. The van der Waals surface area contributed by atoms with Gasteiger partial charge in [-0.05, 0) is 6.54 Å². The number of nitrogens with one attached hydrogen (secondary N) is 1. The van der Waals surface area contributed by atoms with Crippen molar-refractivity contribution < 1.29 is 17.6 Å². The Hall–Kier alpha value is -1.96. The standard InChI is InChI=1S/C11H10F4N4/c1-2-16-4-6-5-17-18-19(6)11-9(14)7(12)3-8(13)10(11)15/h3,5,16H,2,4H2,1H3. The van der Waals surface area contributed by atoms with E-state index in [4.69, 9.17) is 0 Å². The average molecular weight is 274 g/mol. The summed E-state index contributed by atoms with van der Waals surface area (Å²) >= 11 is 0. The molecule has 102 valence electrons. The zero-order valence-corrected chi connectivity index (χ0v) is 9.92. The second kappa shape index (κ2) is 5.35. The Morgan fingerprint density at radius 2 is 1.79 bits per heavy atom. The Kier molecular flexibility index (Phi) is 3.79. The maximum Gasteiger partial charge on any atom is 0.187 e. The number of halogens is 4. The van der Waals surface area contributed by atoms with Crippen molar-refractivity contribution in [2.45, 2.75) is 13.5 Å².